The van der Waals surface area contributed by atoms with Crippen molar-refractivity contribution in [1.82, 2.24) is 4.98 Å². The highest BCUT2D eigenvalue weighted by Crippen LogP contribution is 2.12. The topological polar surface area (TPSA) is 51.2 Å². The van der Waals surface area contributed by atoms with Crippen LogP contribution in [0.1, 0.15) is 21.7 Å². The van der Waals surface area contributed by atoms with Gasteiger partial charge >= 0.3 is 0 Å². The Bertz CT molecular complexity index is 582. The number of nitrogens with zero attached hydrogens (tertiary/aromatic N) is 1. The van der Waals surface area contributed by atoms with Gasteiger partial charge in [0.05, 0.1) is 6.61 Å². The summed E-state index contributed by atoms with van der Waals surface area (Å²) in [6, 6.07) is 12.9. The monoisotopic (exact) mass is 256 g/mol. The lowest BCUT2D eigenvalue weighted by atomic mass is 10.2. The minimum absolute atomic E-state index is 0.210. The minimum Gasteiger partial charge on any atom is -0.380 e. The van der Waals surface area contributed by atoms with Gasteiger partial charge in [-0.15, -0.1) is 0 Å². The lowest BCUT2D eigenvalue weighted by Crippen LogP contribution is -2.14. The molecule has 4 heteroatoms. The fourth-order valence-electron chi connectivity index (χ4n) is 1.77. The highest BCUT2D eigenvalue weighted by molar-refractivity contribution is 6.02. The van der Waals surface area contributed by atoms with Crippen molar-refractivity contribution in [3.05, 3.63) is 59.4 Å². The van der Waals surface area contributed by atoms with E-state index < -0.39 is 0 Å². The van der Waals surface area contributed by atoms with Crippen LogP contribution in [0.4, 0.5) is 5.69 Å². The van der Waals surface area contributed by atoms with Crippen LogP contribution in [-0.4, -0.2) is 18.0 Å². The molecule has 0 unspecified atom stereocenters. The summed E-state index contributed by atoms with van der Waals surface area (Å²) < 4.78 is 5.06. The normalized spacial score (nSPS) is 10.2. The molecule has 0 saturated heterocycles. The van der Waals surface area contributed by atoms with Crippen molar-refractivity contribution >= 4 is 11.6 Å². The second kappa shape index (κ2) is 6.11. The number of hydrogen-bond donors (Lipinski definition) is 1. The van der Waals surface area contributed by atoms with Gasteiger partial charge in [0.25, 0.3) is 5.91 Å². The van der Waals surface area contributed by atoms with Crippen LogP contribution < -0.4 is 5.32 Å². The van der Waals surface area contributed by atoms with Crippen molar-refractivity contribution < 1.29 is 9.53 Å². The van der Waals surface area contributed by atoms with Gasteiger partial charge in [-0.1, -0.05) is 18.2 Å². The van der Waals surface area contributed by atoms with Gasteiger partial charge in [-0.25, -0.2) is 4.98 Å². The zero-order chi connectivity index (χ0) is 13.7. The zero-order valence-corrected chi connectivity index (χ0v) is 11.0. The molecule has 0 aliphatic heterocycles. The molecule has 0 bridgehead atoms. The third-order valence-electron chi connectivity index (χ3n) is 2.62. The SMILES string of the molecule is COCc1cccc(NC(=O)c2cccc(C)n2)c1. The molecule has 1 aromatic heterocycles. The molecule has 1 N–H and O–H groups in total. The Morgan fingerprint density at radius 2 is 2.05 bits per heavy atom. The molecule has 1 heterocycles. The van der Waals surface area contributed by atoms with Crippen LogP contribution in [0.15, 0.2) is 42.5 Å². The van der Waals surface area contributed by atoms with Crippen molar-refractivity contribution in [2.75, 3.05) is 12.4 Å². The standard InChI is InChI=1S/C15H16N2O2/c1-11-5-3-8-14(16-11)15(18)17-13-7-4-6-12(9-13)10-19-2/h3-9H,10H2,1-2H3,(H,17,18). The first-order chi connectivity index (χ1) is 9.19. The predicted octanol–water partition coefficient (Wildman–Crippen LogP) is 2.79. The number of hydrogen-bond acceptors (Lipinski definition) is 3. The van der Waals surface area contributed by atoms with E-state index in [0.717, 1.165) is 16.9 Å². The van der Waals surface area contributed by atoms with Gasteiger partial charge in [0.1, 0.15) is 5.69 Å². The average molecular weight is 256 g/mol. The van der Waals surface area contributed by atoms with E-state index in [4.69, 9.17) is 4.74 Å². The van der Waals surface area contributed by atoms with Crippen LogP contribution in [0, 0.1) is 6.92 Å². The van der Waals surface area contributed by atoms with Crippen LogP contribution in [-0.2, 0) is 11.3 Å². The Hall–Kier alpha value is -2.20. The number of aryl methyl sites for hydroxylation is 1. The molecular formula is C15H16N2O2. The molecule has 98 valence electrons. The number of ether oxygens (including phenoxy) is 1. The summed E-state index contributed by atoms with van der Waals surface area (Å²) in [7, 11) is 1.64. The number of benzene rings is 1. The van der Waals surface area contributed by atoms with Gasteiger partial charge < -0.3 is 10.1 Å². The smallest absolute Gasteiger partial charge is 0.274 e. The summed E-state index contributed by atoms with van der Waals surface area (Å²) in [5, 5.41) is 2.83. The number of pyridine rings is 1. The quantitative estimate of drug-likeness (QED) is 0.915. The van der Waals surface area contributed by atoms with E-state index in [-0.39, 0.29) is 5.91 Å². The third-order valence-corrected chi connectivity index (χ3v) is 2.62. The summed E-state index contributed by atoms with van der Waals surface area (Å²) >= 11 is 0. The molecule has 2 rings (SSSR count). The molecular weight excluding hydrogens is 240 g/mol. The lowest BCUT2D eigenvalue weighted by molar-refractivity contribution is 0.102. The molecule has 4 nitrogen and oxygen atoms in total. The Kier molecular flexibility index (Phi) is 4.26. The first-order valence-corrected chi connectivity index (χ1v) is 6.02. The fraction of sp³-hybridized carbons (Fsp3) is 0.200. The van der Waals surface area contributed by atoms with Gasteiger partial charge in [0.2, 0.25) is 0 Å². The Morgan fingerprint density at radius 3 is 2.79 bits per heavy atom. The number of methoxy groups -OCH3 is 1. The van der Waals surface area contributed by atoms with E-state index >= 15 is 0 Å². The highest BCUT2D eigenvalue weighted by atomic mass is 16.5. The second-order valence-electron chi connectivity index (χ2n) is 4.25. The van der Waals surface area contributed by atoms with Crippen LogP contribution >= 0.6 is 0 Å². The number of carbonyl (C=O) groups is 1. The molecule has 0 radical (unpaired) electrons. The summed E-state index contributed by atoms with van der Waals surface area (Å²) in [5.41, 5.74) is 2.98. The van der Waals surface area contributed by atoms with Gasteiger partial charge in [-0.2, -0.15) is 0 Å². The lowest BCUT2D eigenvalue weighted by Gasteiger charge is -2.07. The number of carbonyl (C=O) groups excluding carboxylic acids is 1. The minimum atomic E-state index is -0.210. The number of aromatic nitrogens is 1. The van der Waals surface area contributed by atoms with Crippen molar-refractivity contribution in [3.63, 3.8) is 0 Å². The van der Waals surface area contributed by atoms with Gasteiger partial charge in [-0.3, -0.25) is 4.79 Å². The molecule has 0 fully saturated rings. The first-order valence-electron chi connectivity index (χ1n) is 6.02. The number of rotatable bonds is 4. The summed E-state index contributed by atoms with van der Waals surface area (Å²) in [6.07, 6.45) is 0. The van der Waals surface area contributed by atoms with Crippen LogP contribution in [0.5, 0.6) is 0 Å². The van der Waals surface area contributed by atoms with Crippen LogP contribution in [0.3, 0.4) is 0 Å². The Morgan fingerprint density at radius 1 is 1.26 bits per heavy atom. The summed E-state index contributed by atoms with van der Waals surface area (Å²) in [4.78, 5) is 16.2. The van der Waals surface area contributed by atoms with Crippen molar-refractivity contribution in [3.8, 4) is 0 Å². The maximum Gasteiger partial charge on any atom is 0.274 e. The van der Waals surface area contributed by atoms with E-state index in [2.05, 4.69) is 10.3 Å². The Labute approximate surface area is 112 Å². The predicted molar refractivity (Wildman–Crippen MR) is 74.1 cm³/mol. The van der Waals surface area contributed by atoms with Crippen molar-refractivity contribution in [2.45, 2.75) is 13.5 Å². The molecule has 0 atom stereocenters. The summed E-state index contributed by atoms with van der Waals surface area (Å²) in [5.74, 6) is -0.210. The van der Waals surface area contributed by atoms with Gasteiger partial charge in [-0.05, 0) is 36.8 Å². The van der Waals surface area contributed by atoms with Crippen molar-refractivity contribution in [2.24, 2.45) is 0 Å². The van der Waals surface area contributed by atoms with E-state index in [1.807, 2.05) is 43.3 Å². The molecule has 0 saturated carbocycles. The maximum absolute atomic E-state index is 12.0. The zero-order valence-electron chi connectivity index (χ0n) is 11.0. The van der Waals surface area contributed by atoms with Crippen LogP contribution in [0.2, 0.25) is 0 Å². The van der Waals surface area contributed by atoms with E-state index in [9.17, 15) is 4.79 Å². The highest BCUT2D eigenvalue weighted by Gasteiger charge is 2.07. The van der Waals surface area contributed by atoms with E-state index in [1.54, 1.807) is 13.2 Å². The molecule has 0 aliphatic rings. The average Bonchev–Trinajstić information content (AvgIpc) is 2.39. The van der Waals surface area contributed by atoms with Crippen LogP contribution in [0.25, 0.3) is 0 Å². The molecule has 0 spiro atoms. The number of nitrogens with one attached hydrogen (secondary N) is 1. The molecule has 0 aliphatic carbocycles. The largest absolute Gasteiger partial charge is 0.380 e. The van der Waals surface area contributed by atoms with E-state index in [1.165, 1.54) is 0 Å². The molecule has 1 amide bonds. The second-order valence-corrected chi connectivity index (χ2v) is 4.25. The number of amides is 1. The molecule has 19 heavy (non-hydrogen) atoms. The molecule has 1 aromatic carbocycles. The summed E-state index contributed by atoms with van der Waals surface area (Å²) in [6.45, 7) is 2.38. The number of anilines is 1. The first kappa shape index (κ1) is 13.2. The third kappa shape index (κ3) is 3.63. The van der Waals surface area contributed by atoms with Gasteiger partial charge in [0.15, 0.2) is 0 Å². The molecule has 2 aromatic rings. The Balaban J connectivity index is 2.12. The van der Waals surface area contributed by atoms with E-state index in [0.29, 0.717) is 12.3 Å². The maximum atomic E-state index is 12.0. The fourth-order valence-corrected chi connectivity index (χ4v) is 1.77. The van der Waals surface area contributed by atoms with Crippen molar-refractivity contribution in [1.29, 1.82) is 0 Å². The van der Waals surface area contributed by atoms with Gasteiger partial charge in [0, 0.05) is 18.5 Å².